The monoisotopic (exact) mass is 970 g/mol. The molecule has 5 N–H and O–H groups in total. The Hall–Kier alpha value is -4.96. The number of aromatic amines is 1. The molecule has 5 heterocycles. The van der Waals surface area contributed by atoms with Crippen LogP contribution in [-0.4, -0.2) is 90.9 Å². The number of H-pyrrole nitrogens is 1. The minimum absolute atomic E-state index is 0.00877. The maximum Gasteiger partial charge on any atom is 0.297 e. The molecule has 0 fully saturated rings. The first-order chi connectivity index (χ1) is 28.0. The number of aromatic nitrogens is 8. The average Bonchev–Trinajstić information content (AvgIpc) is 3.86. The summed E-state index contributed by atoms with van der Waals surface area (Å²) < 4.78 is 146. The second-order valence-electron chi connectivity index (χ2n) is 12.7. The Morgan fingerprint density at radius 3 is 1.50 bits per heavy atom. The van der Waals surface area contributed by atoms with Crippen LogP contribution in [0.15, 0.2) is 74.2 Å². The quantitative estimate of drug-likeness (QED) is 0.0955. The van der Waals surface area contributed by atoms with E-state index in [0.717, 1.165) is 4.09 Å². The molecule has 60 heavy (non-hydrogen) atoms. The van der Waals surface area contributed by atoms with Gasteiger partial charge in [-0.25, -0.2) is 34.0 Å². The van der Waals surface area contributed by atoms with Gasteiger partial charge in [0.1, 0.15) is 30.9 Å². The maximum atomic E-state index is 13.2. The molecular weight excluding hydrogens is 958 g/mol. The topological polar surface area (TPSA) is 316 Å². The molecule has 0 spiro atoms. The zero-order valence-electron chi connectivity index (χ0n) is 28.5. The highest BCUT2D eigenvalue weighted by molar-refractivity contribution is 7.90. The van der Waals surface area contributed by atoms with Gasteiger partial charge >= 0.3 is 0 Å². The number of nitrogens with one attached hydrogen (secondary N) is 1. The Kier molecular flexibility index (Phi) is 8.94. The molecule has 0 saturated heterocycles. The van der Waals surface area contributed by atoms with E-state index >= 15 is 0 Å². The molecule has 4 aromatic carbocycles. The summed E-state index contributed by atoms with van der Waals surface area (Å²) in [5.74, 6) is -1.70. The van der Waals surface area contributed by atoms with E-state index in [1.807, 2.05) is 0 Å². The van der Waals surface area contributed by atoms with E-state index in [0.29, 0.717) is 22.6 Å². The molecule has 8 bridgehead atoms. The van der Waals surface area contributed by atoms with E-state index in [1.54, 1.807) is 48.5 Å². The predicted molar refractivity (Wildman–Crippen MR) is 215 cm³/mol. The second kappa shape index (κ2) is 13.3. The molecular formula is C32H14Cl4N8O12S4. The van der Waals surface area contributed by atoms with Crippen LogP contribution in [0, 0.1) is 0 Å². The molecule has 0 unspecified atom stereocenters. The van der Waals surface area contributed by atoms with Crippen molar-refractivity contribution >= 4 is 131 Å². The molecule has 2 aliphatic rings. The minimum Gasteiger partial charge on any atom is -0.324 e. The van der Waals surface area contributed by atoms with Gasteiger partial charge in [-0.15, -0.1) is 0 Å². The molecule has 20 nitrogen and oxygen atoms in total. The van der Waals surface area contributed by atoms with Crippen LogP contribution >= 0.6 is 46.6 Å². The van der Waals surface area contributed by atoms with Gasteiger partial charge in [0.2, 0.25) is 0 Å². The highest BCUT2D eigenvalue weighted by Crippen LogP contribution is 2.48. The molecule has 28 heteroatoms. The van der Waals surface area contributed by atoms with Crippen molar-refractivity contribution in [1.29, 1.82) is 0 Å². The van der Waals surface area contributed by atoms with Crippen molar-refractivity contribution in [2.24, 2.45) is 0 Å². The van der Waals surface area contributed by atoms with Crippen molar-refractivity contribution in [3.8, 4) is 45.6 Å². The van der Waals surface area contributed by atoms with Gasteiger partial charge in [0.25, 0.3) is 40.5 Å². The lowest BCUT2D eigenvalue weighted by molar-refractivity contribution is 0.456. The third-order valence-electron chi connectivity index (χ3n) is 9.18. The van der Waals surface area contributed by atoms with Gasteiger partial charge < -0.3 is 4.98 Å². The Bertz CT molecular complexity index is 3850. The molecule has 0 aliphatic carbocycles. The van der Waals surface area contributed by atoms with E-state index in [-0.39, 0.29) is 39.4 Å². The van der Waals surface area contributed by atoms with Crippen LogP contribution in [0.25, 0.3) is 89.7 Å². The fourth-order valence-corrected chi connectivity index (χ4v) is 12.4. The summed E-state index contributed by atoms with van der Waals surface area (Å²) in [6, 6.07) is 13.4. The van der Waals surface area contributed by atoms with Gasteiger partial charge in [-0.2, -0.15) is 33.7 Å². The molecule has 9 rings (SSSR count). The molecule has 0 radical (unpaired) electrons. The van der Waals surface area contributed by atoms with Crippen molar-refractivity contribution < 1.29 is 51.9 Å². The van der Waals surface area contributed by atoms with Gasteiger partial charge in [-0.05, 0) is 6.07 Å². The van der Waals surface area contributed by atoms with E-state index in [2.05, 4.69) is 29.9 Å². The Labute approximate surface area is 354 Å². The fraction of sp³-hybridized carbons (Fsp3) is 0. The van der Waals surface area contributed by atoms with E-state index < -0.39 is 109 Å². The number of halogens is 4. The van der Waals surface area contributed by atoms with Crippen molar-refractivity contribution in [2.75, 3.05) is 0 Å². The van der Waals surface area contributed by atoms with Crippen molar-refractivity contribution in [1.82, 2.24) is 39.0 Å². The van der Waals surface area contributed by atoms with Crippen LogP contribution in [0.5, 0.6) is 0 Å². The SMILES string of the molecule is O=S(=O)(O)c1cc2c(c(S(=O)(=O)O)c1S(=O)(=O)O)-c1nc-2nc2c3ccccc3c(nc3nc(nc4[nH]c(n1)c1c(S(=O)(=O)O)c(Cl)c(Cl)c(Cl)c41)-c1ccccc1-3)n2Cl. The molecule has 306 valence electrons. The highest BCUT2D eigenvalue weighted by Gasteiger charge is 2.41. The van der Waals surface area contributed by atoms with Crippen molar-refractivity contribution in [3.63, 3.8) is 0 Å². The first-order valence-corrected chi connectivity index (χ1v) is 23.2. The zero-order valence-corrected chi connectivity index (χ0v) is 34.8. The number of benzene rings is 4. The summed E-state index contributed by atoms with van der Waals surface area (Å²) in [6.07, 6.45) is 0. The average molecular weight is 973 g/mol. The van der Waals surface area contributed by atoms with Crippen molar-refractivity contribution in [3.05, 3.63) is 69.7 Å². The van der Waals surface area contributed by atoms with Gasteiger partial charge in [-0.1, -0.05) is 83.3 Å². The third-order valence-corrected chi connectivity index (χ3v) is 14.9. The summed E-state index contributed by atoms with van der Waals surface area (Å²) in [5, 5.41) is -2.30. The van der Waals surface area contributed by atoms with Crippen molar-refractivity contribution in [2.45, 2.75) is 19.6 Å². The third kappa shape index (κ3) is 6.13. The van der Waals surface area contributed by atoms with Crippen LogP contribution < -0.4 is 0 Å². The summed E-state index contributed by atoms with van der Waals surface area (Å²) in [5.41, 5.74) is -2.27. The lowest BCUT2D eigenvalue weighted by Gasteiger charge is -2.13. The largest absolute Gasteiger partial charge is 0.324 e. The second-order valence-corrected chi connectivity index (χ2v) is 19.6. The summed E-state index contributed by atoms with van der Waals surface area (Å²) in [6.45, 7) is 0. The number of hydrogen-bond acceptors (Lipinski definition) is 14. The summed E-state index contributed by atoms with van der Waals surface area (Å²) in [7, 11) is -23.2. The minimum atomic E-state index is -6.02. The standard InChI is InChI=1S/C32H14Cl4N8O12S4/c33-19-17-18(23(59(51,52)53)21(35)20(19)34)30-40-28-16-14(9-15(57(45,46)47)22(58(48,49)50)24(16)60(54,55)56)27(39-28)43-32-13-8-4-3-7-12(13)31(44(32)36)42-26-11-6-2-1-5-10(11)25(37-26)38-29(17)41-30/h1-9H,(H,45,46,47)(H,48,49,50)(H,51,52,53)(H,54,55,56)(H,37,38,39,40,41,42,43). The van der Waals surface area contributed by atoms with Crippen LogP contribution in [0.2, 0.25) is 15.1 Å². The van der Waals surface area contributed by atoms with Crippen LogP contribution in [-0.2, 0) is 40.5 Å². The van der Waals surface area contributed by atoms with Gasteiger partial charge in [0.15, 0.2) is 34.6 Å². The first kappa shape index (κ1) is 40.4. The molecule has 0 saturated carbocycles. The van der Waals surface area contributed by atoms with Crippen LogP contribution in [0.1, 0.15) is 0 Å². The normalized spacial score (nSPS) is 13.2. The van der Waals surface area contributed by atoms with Crippen LogP contribution in [0.4, 0.5) is 0 Å². The fourth-order valence-electron chi connectivity index (χ4n) is 6.88. The molecule has 0 atom stereocenters. The number of hydrogen-bond donors (Lipinski definition) is 5. The zero-order chi connectivity index (χ0) is 43.2. The number of fused-ring (bicyclic) bond motifs is 20. The summed E-state index contributed by atoms with van der Waals surface area (Å²) >= 11 is 26.3. The first-order valence-electron chi connectivity index (χ1n) is 16.0. The van der Waals surface area contributed by atoms with Gasteiger partial charge in [-0.3, -0.25) is 18.2 Å². The predicted octanol–water partition coefficient (Wildman–Crippen LogP) is 6.29. The van der Waals surface area contributed by atoms with E-state index in [1.165, 1.54) is 0 Å². The number of nitrogens with zero attached hydrogens (tertiary/aromatic N) is 7. The Balaban J connectivity index is 1.64. The number of rotatable bonds is 4. The van der Waals surface area contributed by atoms with Gasteiger partial charge in [0, 0.05) is 44.6 Å². The van der Waals surface area contributed by atoms with E-state index in [4.69, 9.17) is 51.6 Å². The highest BCUT2D eigenvalue weighted by atomic mass is 35.5. The lowest BCUT2D eigenvalue weighted by Crippen LogP contribution is -2.16. The maximum absolute atomic E-state index is 13.2. The summed E-state index contributed by atoms with van der Waals surface area (Å²) in [4.78, 5) is 22.9. The van der Waals surface area contributed by atoms with Gasteiger partial charge in [0.05, 0.1) is 26.0 Å². The van der Waals surface area contributed by atoms with Crippen LogP contribution in [0.3, 0.4) is 0 Å². The lowest BCUT2D eigenvalue weighted by atomic mass is 10.1. The van der Waals surface area contributed by atoms with E-state index in [9.17, 15) is 51.9 Å². The molecule has 0 amide bonds. The molecule has 7 aromatic rings. The Morgan fingerprint density at radius 2 is 0.967 bits per heavy atom. The smallest absolute Gasteiger partial charge is 0.297 e. The molecule has 2 aliphatic heterocycles. The Morgan fingerprint density at radius 1 is 0.500 bits per heavy atom. The molecule has 3 aromatic heterocycles.